The maximum atomic E-state index is 4.03. The van der Waals surface area contributed by atoms with E-state index < -0.39 is 0 Å². The Morgan fingerprint density at radius 3 is 2.60 bits per heavy atom. The third-order valence-corrected chi connectivity index (χ3v) is 5.29. The third-order valence-electron chi connectivity index (χ3n) is 5.29. The van der Waals surface area contributed by atoms with Crippen molar-refractivity contribution >= 4 is 0 Å². The van der Waals surface area contributed by atoms with Crippen molar-refractivity contribution < 1.29 is 0 Å². The summed E-state index contributed by atoms with van der Waals surface area (Å²) in [7, 11) is 0. The van der Waals surface area contributed by atoms with E-state index in [0.717, 1.165) is 31.0 Å². The van der Waals surface area contributed by atoms with Gasteiger partial charge in [-0.1, -0.05) is 50.2 Å². The summed E-state index contributed by atoms with van der Waals surface area (Å²) in [5, 5.41) is 11.7. The molecule has 1 aromatic rings. The van der Waals surface area contributed by atoms with Gasteiger partial charge >= 0.3 is 0 Å². The molecule has 2 fully saturated rings. The zero-order valence-corrected chi connectivity index (χ0v) is 12.5. The Morgan fingerprint density at radius 1 is 1.00 bits per heavy atom. The highest BCUT2D eigenvalue weighted by molar-refractivity contribution is 4.86. The Bertz CT molecular complexity index is 370. The second-order valence-corrected chi connectivity index (χ2v) is 6.57. The van der Waals surface area contributed by atoms with E-state index in [9.17, 15) is 0 Å². The molecule has 2 unspecified atom stereocenters. The fourth-order valence-corrected chi connectivity index (χ4v) is 4.26. The van der Waals surface area contributed by atoms with Crippen molar-refractivity contribution in [1.82, 2.24) is 20.3 Å². The first-order chi connectivity index (χ1) is 9.93. The van der Waals surface area contributed by atoms with Crippen molar-refractivity contribution in [2.75, 3.05) is 6.54 Å². The van der Waals surface area contributed by atoms with Crippen molar-refractivity contribution in [1.29, 1.82) is 0 Å². The summed E-state index contributed by atoms with van der Waals surface area (Å²) in [6.07, 6.45) is 16.7. The van der Waals surface area contributed by atoms with E-state index in [2.05, 4.69) is 15.6 Å². The molecule has 0 aromatic carbocycles. The van der Waals surface area contributed by atoms with Gasteiger partial charge in [-0.2, -0.15) is 0 Å². The van der Waals surface area contributed by atoms with Crippen LogP contribution in [-0.2, 0) is 6.54 Å². The largest absolute Gasteiger partial charge is 0.312 e. The van der Waals surface area contributed by atoms with Crippen molar-refractivity contribution in [2.24, 2.45) is 11.8 Å². The lowest BCUT2D eigenvalue weighted by molar-refractivity contribution is 0.149. The van der Waals surface area contributed by atoms with Crippen LogP contribution in [0.2, 0.25) is 0 Å². The molecule has 1 N–H and O–H groups in total. The third kappa shape index (κ3) is 3.60. The van der Waals surface area contributed by atoms with Crippen LogP contribution < -0.4 is 5.32 Å². The molecule has 2 atom stereocenters. The lowest BCUT2D eigenvalue weighted by Gasteiger charge is -2.39. The predicted octanol–water partition coefficient (Wildman–Crippen LogP) is 3.01. The molecule has 0 amide bonds. The average Bonchev–Trinajstić information content (AvgIpc) is 3.02. The molecule has 2 aliphatic carbocycles. The van der Waals surface area contributed by atoms with Gasteiger partial charge in [-0.3, -0.25) is 4.68 Å². The highest BCUT2D eigenvalue weighted by atomic mass is 15.4. The molecule has 1 aromatic heterocycles. The smallest absolute Gasteiger partial charge is 0.0692 e. The number of aromatic nitrogens is 3. The van der Waals surface area contributed by atoms with E-state index in [-0.39, 0.29) is 0 Å². The van der Waals surface area contributed by atoms with Gasteiger partial charge in [-0.15, -0.1) is 5.10 Å². The molecule has 3 rings (SSSR count). The van der Waals surface area contributed by atoms with Crippen LogP contribution >= 0.6 is 0 Å². The van der Waals surface area contributed by atoms with E-state index in [0.29, 0.717) is 0 Å². The first-order valence-corrected chi connectivity index (χ1v) is 8.51. The molecule has 0 aliphatic heterocycles. The van der Waals surface area contributed by atoms with Gasteiger partial charge < -0.3 is 5.32 Å². The molecule has 0 saturated heterocycles. The van der Waals surface area contributed by atoms with E-state index >= 15 is 0 Å². The number of hydrogen-bond acceptors (Lipinski definition) is 3. The van der Waals surface area contributed by atoms with Gasteiger partial charge in [0.25, 0.3) is 0 Å². The van der Waals surface area contributed by atoms with Crippen LogP contribution in [0.15, 0.2) is 12.4 Å². The van der Waals surface area contributed by atoms with Crippen LogP contribution in [0.4, 0.5) is 0 Å². The maximum absolute atomic E-state index is 4.03. The zero-order chi connectivity index (χ0) is 13.6. The fourth-order valence-electron chi connectivity index (χ4n) is 4.26. The van der Waals surface area contributed by atoms with Crippen LogP contribution in [0.5, 0.6) is 0 Å². The number of hydrogen-bond donors (Lipinski definition) is 1. The van der Waals surface area contributed by atoms with Gasteiger partial charge in [0.2, 0.25) is 0 Å². The van der Waals surface area contributed by atoms with Gasteiger partial charge in [0.15, 0.2) is 0 Å². The van der Waals surface area contributed by atoms with Crippen LogP contribution in [0, 0.1) is 11.8 Å². The number of rotatable bonds is 5. The van der Waals surface area contributed by atoms with Crippen molar-refractivity contribution in [2.45, 2.75) is 70.4 Å². The molecule has 0 bridgehead atoms. The summed E-state index contributed by atoms with van der Waals surface area (Å²) in [4.78, 5) is 0. The molecule has 2 aliphatic rings. The molecule has 2 saturated carbocycles. The maximum Gasteiger partial charge on any atom is 0.0692 e. The highest BCUT2D eigenvalue weighted by Crippen LogP contribution is 2.38. The molecule has 1 heterocycles. The first-order valence-electron chi connectivity index (χ1n) is 8.51. The molecule has 0 radical (unpaired) electrons. The Balaban J connectivity index is 1.49. The van der Waals surface area contributed by atoms with Gasteiger partial charge in [0.05, 0.1) is 12.7 Å². The van der Waals surface area contributed by atoms with E-state index in [4.69, 9.17) is 0 Å². The van der Waals surface area contributed by atoms with E-state index in [1.54, 1.807) is 6.20 Å². The van der Waals surface area contributed by atoms with Crippen LogP contribution in [0.25, 0.3) is 0 Å². The molecular formula is C16H28N4. The predicted molar refractivity (Wildman–Crippen MR) is 80.3 cm³/mol. The molecule has 112 valence electrons. The van der Waals surface area contributed by atoms with Crippen molar-refractivity contribution in [3.8, 4) is 0 Å². The number of nitrogens with one attached hydrogen (secondary N) is 1. The van der Waals surface area contributed by atoms with Crippen molar-refractivity contribution in [3.63, 3.8) is 0 Å². The topological polar surface area (TPSA) is 42.7 Å². The Labute approximate surface area is 122 Å². The number of nitrogens with zero attached hydrogens (tertiary/aromatic N) is 3. The SMILES string of the molecule is c1cn(CCNC2CCCCC2C2CCCCC2)nn1. The van der Waals surface area contributed by atoms with Crippen molar-refractivity contribution in [3.05, 3.63) is 12.4 Å². The van der Waals surface area contributed by atoms with Crippen LogP contribution in [0.1, 0.15) is 57.8 Å². The summed E-state index contributed by atoms with van der Waals surface area (Å²) in [5.41, 5.74) is 0. The summed E-state index contributed by atoms with van der Waals surface area (Å²) in [6.45, 7) is 1.96. The summed E-state index contributed by atoms with van der Waals surface area (Å²) >= 11 is 0. The summed E-state index contributed by atoms with van der Waals surface area (Å²) in [5.74, 6) is 1.92. The van der Waals surface area contributed by atoms with E-state index in [1.807, 2.05) is 10.9 Å². The molecule has 4 heteroatoms. The first kappa shape index (κ1) is 14.1. The Hall–Kier alpha value is -0.900. The normalized spacial score (nSPS) is 28.6. The van der Waals surface area contributed by atoms with Gasteiger partial charge in [-0.05, 0) is 24.7 Å². The summed E-state index contributed by atoms with van der Waals surface area (Å²) in [6, 6.07) is 0.746. The lowest BCUT2D eigenvalue weighted by Crippen LogP contribution is -2.43. The molecule has 0 spiro atoms. The monoisotopic (exact) mass is 276 g/mol. The quantitative estimate of drug-likeness (QED) is 0.899. The second-order valence-electron chi connectivity index (χ2n) is 6.57. The highest BCUT2D eigenvalue weighted by Gasteiger charge is 2.31. The minimum absolute atomic E-state index is 0.746. The molecular weight excluding hydrogens is 248 g/mol. The van der Waals surface area contributed by atoms with Gasteiger partial charge in [0, 0.05) is 18.8 Å². The fraction of sp³-hybridized carbons (Fsp3) is 0.875. The zero-order valence-electron chi connectivity index (χ0n) is 12.5. The summed E-state index contributed by atoms with van der Waals surface area (Å²) < 4.78 is 1.92. The molecule has 4 nitrogen and oxygen atoms in total. The van der Waals surface area contributed by atoms with Crippen LogP contribution in [0.3, 0.4) is 0 Å². The Kier molecular flexibility index (Phi) is 5.06. The van der Waals surface area contributed by atoms with Gasteiger partial charge in [-0.25, -0.2) is 0 Å². The average molecular weight is 276 g/mol. The second kappa shape index (κ2) is 7.21. The minimum atomic E-state index is 0.746. The Morgan fingerprint density at radius 2 is 1.80 bits per heavy atom. The standard InChI is InChI=1S/C16H28N4/c1-2-6-14(7-3-1)15-8-4-5-9-16(15)17-10-12-20-13-11-18-19-20/h11,13-17H,1-10,12H2. The lowest BCUT2D eigenvalue weighted by atomic mass is 9.71. The van der Waals surface area contributed by atoms with E-state index in [1.165, 1.54) is 57.8 Å². The molecule has 20 heavy (non-hydrogen) atoms. The van der Waals surface area contributed by atoms with Crippen LogP contribution in [-0.4, -0.2) is 27.6 Å². The minimum Gasteiger partial charge on any atom is -0.312 e. The van der Waals surface area contributed by atoms with Gasteiger partial charge in [0.1, 0.15) is 0 Å².